The van der Waals surface area contributed by atoms with E-state index in [2.05, 4.69) is 4.74 Å². The van der Waals surface area contributed by atoms with E-state index in [1.165, 1.54) is 7.11 Å². The van der Waals surface area contributed by atoms with Crippen LogP contribution in [0.15, 0.2) is 53.4 Å². The summed E-state index contributed by atoms with van der Waals surface area (Å²) in [5.41, 5.74) is 1.62. The molecular formula is C15H14O3S. The summed E-state index contributed by atoms with van der Waals surface area (Å²) in [6.07, 6.45) is 0. The number of para-hydroxylation sites is 1. The van der Waals surface area contributed by atoms with E-state index >= 15 is 0 Å². The Bertz CT molecular complexity index is 564. The van der Waals surface area contributed by atoms with Crippen molar-refractivity contribution in [2.24, 2.45) is 0 Å². The SMILES string of the molecule is COC(=O)c1ccc(CSc2ccccc2O)cc1. The van der Waals surface area contributed by atoms with Crippen LogP contribution in [0, 0.1) is 0 Å². The second-order valence-corrected chi connectivity index (χ2v) is 4.96. The lowest BCUT2D eigenvalue weighted by atomic mass is 10.1. The summed E-state index contributed by atoms with van der Waals surface area (Å²) in [7, 11) is 1.37. The lowest BCUT2D eigenvalue weighted by Crippen LogP contribution is -2.00. The number of phenolic OH excluding ortho intramolecular Hbond substituents is 1. The molecule has 2 aromatic carbocycles. The molecule has 0 aliphatic rings. The number of carbonyl (C=O) groups excluding carboxylic acids is 1. The maximum atomic E-state index is 11.3. The van der Waals surface area contributed by atoms with Crippen LogP contribution in [0.5, 0.6) is 5.75 Å². The van der Waals surface area contributed by atoms with Crippen LogP contribution in [-0.4, -0.2) is 18.2 Å². The Labute approximate surface area is 116 Å². The van der Waals surface area contributed by atoms with E-state index in [-0.39, 0.29) is 5.97 Å². The van der Waals surface area contributed by atoms with Gasteiger partial charge in [-0.2, -0.15) is 0 Å². The van der Waals surface area contributed by atoms with E-state index in [4.69, 9.17) is 0 Å². The van der Waals surface area contributed by atoms with Gasteiger partial charge in [-0.05, 0) is 29.8 Å². The molecule has 0 fully saturated rings. The third kappa shape index (κ3) is 3.51. The highest BCUT2D eigenvalue weighted by molar-refractivity contribution is 7.98. The van der Waals surface area contributed by atoms with Gasteiger partial charge in [0.15, 0.2) is 0 Å². The third-order valence-electron chi connectivity index (χ3n) is 2.63. The van der Waals surface area contributed by atoms with Crippen molar-refractivity contribution in [2.75, 3.05) is 7.11 Å². The molecule has 0 spiro atoms. The molecule has 0 aliphatic carbocycles. The normalized spacial score (nSPS) is 10.2. The fourth-order valence-corrected chi connectivity index (χ4v) is 2.50. The van der Waals surface area contributed by atoms with E-state index in [0.29, 0.717) is 11.3 Å². The van der Waals surface area contributed by atoms with Crippen molar-refractivity contribution in [3.8, 4) is 5.75 Å². The van der Waals surface area contributed by atoms with Gasteiger partial charge in [-0.15, -0.1) is 11.8 Å². The molecule has 0 atom stereocenters. The van der Waals surface area contributed by atoms with Gasteiger partial charge in [-0.3, -0.25) is 0 Å². The lowest BCUT2D eigenvalue weighted by molar-refractivity contribution is 0.0600. The van der Waals surface area contributed by atoms with E-state index < -0.39 is 0 Å². The fourth-order valence-electron chi connectivity index (χ4n) is 1.60. The number of hydrogen-bond donors (Lipinski definition) is 1. The van der Waals surface area contributed by atoms with Gasteiger partial charge >= 0.3 is 5.97 Å². The number of thioether (sulfide) groups is 1. The van der Waals surface area contributed by atoms with E-state index in [9.17, 15) is 9.90 Å². The summed E-state index contributed by atoms with van der Waals surface area (Å²) >= 11 is 1.55. The average molecular weight is 274 g/mol. The molecule has 0 radical (unpaired) electrons. The molecule has 3 nitrogen and oxygen atoms in total. The predicted molar refractivity (Wildman–Crippen MR) is 75.4 cm³/mol. The van der Waals surface area contributed by atoms with Crippen molar-refractivity contribution in [3.05, 3.63) is 59.7 Å². The largest absolute Gasteiger partial charge is 0.507 e. The quantitative estimate of drug-likeness (QED) is 0.685. The molecule has 4 heteroatoms. The molecule has 1 N–H and O–H groups in total. The maximum absolute atomic E-state index is 11.3. The van der Waals surface area contributed by atoms with Crippen LogP contribution in [0.3, 0.4) is 0 Å². The summed E-state index contributed by atoms with van der Waals surface area (Å²) in [4.78, 5) is 12.1. The van der Waals surface area contributed by atoms with Crippen molar-refractivity contribution in [2.45, 2.75) is 10.6 Å². The molecule has 0 saturated heterocycles. The van der Waals surface area contributed by atoms with Crippen LogP contribution in [0.2, 0.25) is 0 Å². The highest BCUT2D eigenvalue weighted by Crippen LogP contribution is 2.30. The van der Waals surface area contributed by atoms with Crippen LogP contribution < -0.4 is 0 Å². The molecule has 0 amide bonds. The van der Waals surface area contributed by atoms with E-state index in [0.717, 1.165) is 16.2 Å². The number of esters is 1. The van der Waals surface area contributed by atoms with Crippen LogP contribution in [-0.2, 0) is 10.5 Å². The number of rotatable bonds is 4. The van der Waals surface area contributed by atoms with Gasteiger partial charge in [0, 0.05) is 10.6 Å². The first-order valence-corrected chi connectivity index (χ1v) is 6.77. The summed E-state index contributed by atoms with van der Waals surface area (Å²) in [6.45, 7) is 0. The minimum absolute atomic E-state index is 0.290. The lowest BCUT2D eigenvalue weighted by Gasteiger charge is -2.05. The Hall–Kier alpha value is -1.94. The monoisotopic (exact) mass is 274 g/mol. The fraction of sp³-hybridized carbons (Fsp3) is 0.133. The third-order valence-corrected chi connectivity index (χ3v) is 3.77. The highest BCUT2D eigenvalue weighted by atomic mass is 32.2. The summed E-state index contributed by atoms with van der Waals surface area (Å²) in [6, 6.07) is 14.5. The second-order valence-electron chi connectivity index (χ2n) is 3.94. The van der Waals surface area contributed by atoms with Crippen molar-refractivity contribution < 1.29 is 14.6 Å². The van der Waals surface area contributed by atoms with Crippen LogP contribution in [0.25, 0.3) is 0 Å². The molecule has 0 heterocycles. The van der Waals surface area contributed by atoms with Gasteiger partial charge < -0.3 is 9.84 Å². The molecular weight excluding hydrogens is 260 g/mol. The van der Waals surface area contributed by atoms with Crippen molar-refractivity contribution in [3.63, 3.8) is 0 Å². The molecule has 2 aromatic rings. The Morgan fingerprint density at radius 3 is 2.47 bits per heavy atom. The Kier molecular flexibility index (Phi) is 4.47. The first-order valence-electron chi connectivity index (χ1n) is 5.79. The number of aromatic hydroxyl groups is 1. The molecule has 0 saturated carbocycles. The maximum Gasteiger partial charge on any atom is 0.337 e. The number of hydrogen-bond acceptors (Lipinski definition) is 4. The zero-order valence-electron chi connectivity index (χ0n) is 10.5. The minimum atomic E-state index is -0.333. The molecule has 19 heavy (non-hydrogen) atoms. The second kappa shape index (κ2) is 6.29. The minimum Gasteiger partial charge on any atom is -0.507 e. The van der Waals surface area contributed by atoms with E-state index in [1.54, 1.807) is 36.0 Å². The summed E-state index contributed by atoms with van der Waals surface area (Å²) in [5.74, 6) is 0.692. The van der Waals surface area contributed by atoms with Crippen molar-refractivity contribution in [1.29, 1.82) is 0 Å². The topological polar surface area (TPSA) is 46.5 Å². The molecule has 2 rings (SSSR count). The zero-order valence-corrected chi connectivity index (χ0v) is 11.3. The molecule has 98 valence electrons. The Morgan fingerprint density at radius 1 is 1.16 bits per heavy atom. The standard InChI is InChI=1S/C15H14O3S/c1-18-15(17)12-8-6-11(7-9-12)10-19-14-5-3-2-4-13(14)16/h2-9,16H,10H2,1H3. The smallest absolute Gasteiger partial charge is 0.337 e. The van der Waals surface area contributed by atoms with Gasteiger partial charge in [-0.1, -0.05) is 24.3 Å². The van der Waals surface area contributed by atoms with Gasteiger partial charge in [0.05, 0.1) is 12.7 Å². The Balaban J connectivity index is 2.01. The molecule has 0 aliphatic heterocycles. The Morgan fingerprint density at radius 2 is 1.84 bits per heavy atom. The highest BCUT2D eigenvalue weighted by Gasteiger charge is 2.05. The zero-order chi connectivity index (χ0) is 13.7. The summed E-state index contributed by atoms with van der Waals surface area (Å²) < 4.78 is 4.64. The number of ether oxygens (including phenoxy) is 1. The van der Waals surface area contributed by atoms with E-state index in [1.807, 2.05) is 24.3 Å². The first-order chi connectivity index (χ1) is 9.20. The number of benzene rings is 2. The van der Waals surface area contributed by atoms with Crippen molar-refractivity contribution >= 4 is 17.7 Å². The summed E-state index contributed by atoms with van der Waals surface area (Å²) in [5, 5.41) is 9.66. The predicted octanol–water partition coefficient (Wildman–Crippen LogP) is 3.47. The number of phenols is 1. The number of methoxy groups -OCH3 is 1. The average Bonchev–Trinajstić information content (AvgIpc) is 2.46. The van der Waals surface area contributed by atoms with Gasteiger partial charge in [0.1, 0.15) is 5.75 Å². The van der Waals surface area contributed by atoms with Crippen molar-refractivity contribution in [1.82, 2.24) is 0 Å². The van der Waals surface area contributed by atoms with Gasteiger partial charge in [0.25, 0.3) is 0 Å². The molecule has 0 bridgehead atoms. The van der Waals surface area contributed by atoms with Gasteiger partial charge in [0.2, 0.25) is 0 Å². The van der Waals surface area contributed by atoms with Crippen LogP contribution in [0.1, 0.15) is 15.9 Å². The van der Waals surface area contributed by atoms with Crippen LogP contribution in [0.4, 0.5) is 0 Å². The first kappa shape index (κ1) is 13.5. The molecule has 0 aromatic heterocycles. The van der Waals surface area contributed by atoms with Crippen LogP contribution >= 0.6 is 11.8 Å². The number of carbonyl (C=O) groups is 1. The van der Waals surface area contributed by atoms with Gasteiger partial charge in [-0.25, -0.2) is 4.79 Å². The molecule has 0 unspecified atom stereocenters.